The first-order chi connectivity index (χ1) is 12.0. The Balaban J connectivity index is 1.99. The van der Waals surface area contributed by atoms with E-state index in [0.29, 0.717) is 40.2 Å². The third kappa shape index (κ3) is 3.26. The first kappa shape index (κ1) is 16.8. The number of ether oxygens (including phenoxy) is 1. The minimum Gasteiger partial charge on any atom is -0.482 e. The highest BCUT2D eigenvalue weighted by molar-refractivity contribution is 6.17. The molecule has 0 radical (unpaired) electrons. The second kappa shape index (κ2) is 6.81. The molecule has 1 N–H and O–H groups in total. The van der Waals surface area contributed by atoms with Gasteiger partial charge in [-0.15, -0.1) is 0 Å². The summed E-state index contributed by atoms with van der Waals surface area (Å²) in [7, 11) is 0. The molecule has 0 spiro atoms. The first-order valence-electron chi connectivity index (χ1n) is 8.01. The molecule has 0 saturated carbocycles. The van der Waals surface area contributed by atoms with Gasteiger partial charge in [0.05, 0.1) is 5.56 Å². The molecule has 3 aromatic rings. The summed E-state index contributed by atoms with van der Waals surface area (Å²) < 4.78 is 11.0. The Kier molecular flexibility index (Phi) is 4.57. The maximum atomic E-state index is 13.0. The molecule has 5 heteroatoms. The van der Waals surface area contributed by atoms with Gasteiger partial charge in [0.15, 0.2) is 12.4 Å². The minimum atomic E-state index is -1.04. The van der Waals surface area contributed by atoms with Crippen molar-refractivity contribution in [3.05, 3.63) is 64.9 Å². The Morgan fingerprint density at radius 3 is 2.60 bits per heavy atom. The molecule has 128 valence electrons. The molecule has 0 amide bonds. The lowest BCUT2D eigenvalue weighted by molar-refractivity contribution is -0.139. The van der Waals surface area contributed by atoms with Gasteiger partial charge in [-0.3, -0.25) is 4.79 Å². The molecule has 0 bridgehead atoms. The van der Waals surface area contributed by atoms with Crippen LogP contribution in [0.5, 0.6) is 5.75 Å². The molecule has 0 aliphatic heterocycles. The Labute approximate surface area is 144 Å². The third-order valence-electron chi connectivity index (χ3n) is 4.00. The molecule has 2 aromatic carbocycles. The van der Waals surface area contributed by atoms with Crippen LogP contribution in [0.2, 0.25) is 0 Å². The average Bonchev–Trinajstić information content (AvgIpc) is 2.98. The van der Waals surface area contributed by atoms with Crippen molar-refractivity contribution in [3.8, 4) is 5.75 Å². The van der Waals surface area contributed by atoms with Gasteiger partial charge >= 0.3 is 5.97 Å². The summed E-state index contributed by atoms with van der Waals surface area (Å²) in [5, 5.41) is 9.50. The van der Waals surface area contributed by atoms with E-state index in [2.05, 4.69) is 0 Å². The number of hydrogen-bond acceptors (Lipinski definition) is 4. The number of carboxylic acid groups (broad SMARTS) is 1. The first-order valence-corrected chi connectivity index (χ1v) is 8.01. The number of carbonyl (C=O) groups is 2. The number of hydrogen-bond donors (Lipinski definition) is 1. The van der Waals surface area contributed by atoms with Crippen molar-refractivity contribution in [2.24, 2.45) is 0 Å². The molecule has 0 saturated heterocycles. The van der Waals surface area contributed by atoms with Crippen LogP contribution < -0.4 is 4.74 Å². The lowest BCUT2D eigenvalue weighted by Crippen LogP contribution is -2.10. The number of aryl methyl sites for hydroxylation is 2. The van der Waals surface area contributed by atoms with Gasteiger partial charge in [-0.25, -0.2) is 4.79 Å². The maximum absolute atomic E-state index is 13.0. The number of carboxylic acids is 1. The zero-order valence-corrected chi connectivity index (χ0v) is 14.0. The van der Waals surface area contributed by atoms with Crippen LogP contribution in [-0.2, 0) is 11.2 Å². The van der Waals surface area contributed by atoms with Crippen LogP contribution in [0.3, 0.4) is 0 Å². The summed E-state index contributed by atoms with van der Waals surface area (Å²) in [6.07, 6.45) is 0.620. The number of aliphatic carboxylic acids is 1. The van der Waals surface area contributed by atoms with Crippen molar-refractivity contribution in [1.29, 1.82) is 0 Å². The van der Waals surface area contributed by atoms with Gasteiger partial charge in [0.25, 0.3) is 0 Å². The van der Waals surface area contributed by atoms with Gasteiger partial charge in [-0.2, -0.15) is 0 Å². The van der Waals surface area contributed by atoms with E-state index in [-0.39, 0.29) is 5.78 Å². The fourth-order valence-electron chi connectivity index (χ4n) is 2.83. The Bertz CT molecular complexity index is 952. The molecule has 0 aliphatic rings. The lowest BCUT2D eigenvalue weighted by atomic mass is 9.98. The SMILES string of the molecule is CCc1oc2ccccc2c1C(=O)c1ccc(OCC(=O)O)c(C)c1. The molecule has 3 rings (SSSR count). The Hall–Kier alpha value is -3.08. The zero-order valence-electron chi connectivity index (χ0n) is 14.0. The molecule has 0 fully saturated rings. The molecule has 1 heterocycles. The van der Waals surface area contributed by atoms with E-state index in [0.717, 1.165) is 5.39 Å². The fraction of sp³-hybridized carbons (Fsp3) is 0.200. The summed E-state index contributed by atoms with van der Waals surface area (Å²) in [6.45, 7) is 3.31. The minimum absolute atomic E-state index is 0.116. The van der Waals surface area contributed by atoms with Gasteiger partial charge < -0.3 is 14.3 Å². The number of para-hydroxylation sites is 1. The van der Waals surface area contributed by atoms with Crippen LogP contribution >= 0.6 is 0 Å². The van der Waals surface area contributed by atoms with E-state index in [9.17, 15) is 9.59 Å². The van der Waals surface area contributed by atoms with Gasteiger partial charge in [0, 0.05) is 17.4 Å². The number of rotatable bonds is 6. The largest absolute Gasteiger partial charge is 0.482 e. The number of ketones is 1. The molecule has 0 aliphatic carbocycles. The summed E-state index contributed by atoms with van der Waals surface area (Å²) in [5.41, 5.74) is 2.50. The van der Waals surface area contributed by atoms with Crippen LogP contribution in [0.1, 0.15) is 34.2 Å². The van der Waals surface area contributed by atoms with E-state index >= 15 is 0 Å². The molecule has 5 nitrogen and oxygen atoms in total. The highest BCUT2D eigenvalue weighted by Gasteiger charge is 2.21. The van der Waals surface area contributed by atoms with Crippen LogP contribution in [0.25, 0.3) is 11.0 Å². The van der Waals surface area contributed by atoms with Crippen molar-refractivity contribution in [2.45, 2.75) is 20.3 Å². The van der Waals surface area contributed by atoms with E-state index < -0.39 is 12.6 Å². The average molecular weight is 338 g/mol. The van der Waals surface area contributed by atoms with E-state index in [1.54, 1.807) is 25.1 Å². The fourth-order valence-corrected chi connectivity index (χ4v) is 2.83. The molecule has 0 atom stereocenters. The number of benzene rings is 2. The number of fused-ring (bicyclic) bond motifs is 1. The smallest absolute Gasteiger partial charge is 0.341 e. The highest BCUT2D eigenvalue weighted by Crippen LogP contribution is 2.29. The molecular formula is C20H18O5. The number of carbonyl (C=O) groups excluding carboxylic acids is 1. The van der Waals surface area contributed by atoms with Crippen molar-refractivity contribution in [2.75, 3.05) is 6.61 Å². The number of furan rings is 1. The molecule has 1 aromatic heterocycles. The van der Waals surface area contributed by atoms with E-state index in [4.69, 9.17) is 14.3 Å². The van der Waals surface area contributed by atoms with E-state index in [1.807, 2.05) is 31.2 Å². The normalized spacial score (nSPS) is 10.8. The summed E-state index contributed by atoms with van der Waals surface area (Å²) in [5.74, 6) is -0.0477. The van der Waals surface area contributed by atoms with Gasteiger partial charge in [-0.05, 0) is 36.8 Å². The van der Waals surface area contributed by atoms with Crippen molar-refractivity contribution < 1.29 is 23.8 Å². The standard InChI is InChI=1S/C20H18O5/c1-3-15-19(14-6-4-5-7-17(14)25-15)20(23)13-8-9-16(12(2)10-13)24-11-18(21)22/h4-10H,3,11H2,1-2H3,(H,21,22). The van der Waals surface area contributed by atoms with E-state index in [1.165, 1.54) is 0 Å². The Morgan fingerprint density at radius 1 is 1.16 bits per heavy atom. The Morgan fingerprint density at radius 2 is 1.92 bits per heavy atom. The highest BCUT2D eigenvalue weighted by atomic mass is 16.5. The second-order valence-corrected chi connectivity index (χ2v) is 5.74. The molecule has 25 heavy (non-hydrogen) atoms. The van der Waals surface area contributed by atoms with Crippen LogP contribution in [-0.4, -0.2) is 23.5 Å². The van der Waals surface area contributed by atoms with Crippen molar-refractivity contribution in [1.82, 2.24) is 0 Å². The molecular weight excluding hydrogens is 320 g/mol. The van der Waals surface area contributed by atoms with Crippen molar-refractivity contribution >= 4 is 22.7 Å². The topological polar surface area (TPSA) is 76.7 Å². The van der Waals surface area contributed by atoms with Gasteiger partial charge in [0.2, 0.25) is 0 Å². The van der Waals surface area contributed by atoms with Crippen molar-refractivity contribution in [3.63, 3.8) is 0 Å². The zero-order chi connectivity index (χ0) is 18.0. The lowest BCUT2D eigenvalue weighted by Gasteiger charge is -2.09. The maximum Gasteiger partial charge on any atom is 0.341 e. The van der Waals surface area contributed by atoms with Crippen LogP contribution in [0, 0.1) is 6.92 Å². The quantitative estimate of drug-likeness (QED) is 0.688. The van der Waals surface area contributed by atoms with Gasteiger partial charge in [-0.1, -0.05) is 25.1 Å². The predicted octanol–water partition coefficient (Wildman–Crippen LogP) is 4.00. The summed E-state index contributed by atoms with van der Waals surface area (Å²) in [6, 6.07) is 12.5. The summed E-state index contributed by atoms with van der Waals surface area (Å²) >= 11 is 0. The van der Waals surface area contributed by atoms with Crippen LogP contribution in [0.15, 0.2) is 46.9 Å². The van der Waals surface area contributed by atoms with Crippen LogP contribution in [0.4, 0.5) is 0 Å². The predicted molar refractivity (Wildman–Crippen MR) is 93.3 cm³/mol. The third-order valence-corrected chi connectivity index (χ3v) is 4.00. The molecule has 0 unspecified atom stereocenters. The second-order valence-electron chi connectivity index (χ2n) is 5.74. The monoisotopic (exact) mass is 338 g/mol. The summed E-state index contributed by atoms with van der Waals surface area (Å²) in [4.78, 5) is 23.7. The van der Waals surface area contributed by atoms with Gasteiger partial charge in [0.1, 0.15) is 17.1 Å².